The van der Waals surface area contributed by atoms with Crippen LogP contribution in [0.15, 0.2) is 78.0 Å². The number of nitro groups is 1. The third-order valence-corrected chi connectivity index (χ3v) is 7.80. The molecule has 0 spiro atoms. The van der Waals surface area contributed by atoms with Crippen LogP contribution in [0.3, 0.4) is 0 Å². The summed E-state index contributed by atoms with van der Waals surface area (Å²) < 4.78 is 2.36. The third kappa shape index (κ3) is 4.40. The number of nitrogens with zero attached hydrogens (tertiary/aromatic N) is 3. The van der Waals surface area contributed by atoms with Gasteiger partial charge in [0, 0.05) is 45.4 Å². The van der Waals surface area contributed by atoms with Gasteiger partial charge in [0.2, 0.25) is 0 Å². The lowest BCUT2D eigenvalue weighted by Crippen LogP contribution is -2.10. The predicted octanol–water partition coefficient (Wildman–Crippen LogP) is 8.61. The summed E-state index contributed by atoms with van der Waals surface area (Å²) in [5.74, 6) is 0.504. The summed E-state index contributed by atoms with van der Waals surface area (Å²) in [7, 11) is 0. The standard InChI is InChI=1S/C32H33N3O3/c1-4-6-12-22(5-2)20-34-29-17-16-23(31(33-36)24-13-8-7-11-21(24)3)18-27(29)28-19-30(35(37)38)25-14-9-10-15-26(25)32(28)34/h7-11,13-19,22,36H,4-6,12,20H2,1-3H3/b33-31+. The topological polar surface area (TPSA) is 80.7 Å². The molecule has 0 aliphatic heterocycles. The Kier molecular flexibility index (Phi) is 7.14. The maximum Gasteiger partial charge on any atom is 0.277 e. The summed E-state index contributed by atoms with van der Waals surface area (Å²) in [5, 5.41) is 29.1. The van der Waals surface area contributed by atoms with Crippen LogP contribution in [0.25, 0.3) is 32.6 Å². The predicted molar refractivity (Wildman–Crippen MR) is 156 cm³/mol. The van der Waals surface area contributed by atoms with Crippen LogP contribution < -0.4 is 0 Å². The molecule has 0 saturated carbocycles. The van der Waals surface area contributed by atoms with E-state index in [2.05, 4.69) is 29.6 Å². The number of oxime groups is 1. The molecule has 0 bridgehead atoms. The Balaban J connectivity index is 1.82. The summed E-state index contributed by atoms with van der Waals surface area (Å²) in [6.07, 6.45) is 4.55. The number of hydrogen-bond acceptors (Lipinski definition) is 4. The molecule has 6 nitrogen and oxygen atoms in total. The lowest BCUT2D eigenvalue weighted by molar-refractivity contribution is -0.382. The molecule has 1 heterocycles. The van der Waals surface area contributed by atoms with E-state index in [9.17, 15) is 15.3 Å². The van der Waals surface area contributed by atoms with E-state index in [1.54, 1.807) is 6.07 Å². The smallest absolute Gasteiger partial charge is 0.277 e. The highest BCUT2D eigenvalue weighted by atomic mass is 16.6. The zero-order valence-corrected chi connectivity index (χ0v) is 22.1. The molecule has 5 aromatic rings. The summed E-state index contributed by atoms with van der Waals surface area (Å²) in [5.41, 5.74) is 5.26. The molecular formula is C32H33N3O3. The molecule has 1 aromatic heterocycles. The lowest BCUT2D eigenvalue weighted by Gasteiger charge is -2.18. The van der Waals surface area contributed by atoms with Gasteiger partial charge in [0.1, 0.15) is 5.71 Å². The average molecular weight is 508 g/mol. The fourth-order valence-electron chi connectivity index (χ4n) is 5.71. The molecule has 1 atom stereocenters. The van der Waals surface area contributed by atoms with Crippen molar-refractivity contribution in [2.24, 2.45) is 11.1 Å². The van der Waals surface area contributed by atoms with Crippen molar-refractivity contribution < 1.29 is 10.1 Å². The summed E-state index contributed by atoms with van der Waals surface area (Å²) >= 11 is 0. The van der Waals surface area contributed by atoms with Crippen LogP contribution in [-0.4, -0.2) is 20.4 Å². The fraction of sp³-hybridized carbons (Fsp3) is 0.281. The zero-order chi connectivity index (χ0) is 26.8. The van der Waals surface area contributed by atoms with Gasteiger partial charge in [-0.25, -0.2) is 0 Å². The van der Waals surface area contributed by atoms with Crippen molar-refractivity contribution >= 4 is 44.0 Å². The van der Waals surface area contributed by atoms with E-state index in [0.29, 0.717) is 17.0 Å². The molecule has 0 aliphatic rings. The van der Waals surface area contributed by atoms with E-state index in [-0.39, 0.29) is 10.6 Å². The highest BCUT2D eigenvalue weighted by Crippen LogP contribution is 2.40. The molecule has 0 aliphatic carbocycles. The normalized spacial score (nSPS) is 13.0. The fourth-order valence-corrected chi connectivity index (χ4v) is 5.71. The van der Waals surface area contributed by atoms with Gasteiger partial charge < -0.3 is 9.77 Å². The van der Waals surface area contributed by atoms with E-state index < -0.39 is 0 Å². The molecular weight excluding hydrogens is 474 g/mol. The van der Waals surface area contributed by atoms with Gasteiger partial charge in [0.15, 0.2) is 0 Å². The van der Waals surface area contributed by atoms with Crippen molar-refractivity contribution in [3.8, 4) is 0 Å². The minimum Gasteiger partial charge on any atom is -0.410 e. The van der Waals surface area contributed by atoms with E-state index >= 15 is 0 Å². The molecule has 194 valence electrons. The quantitative estimate of drug-likeness (QED) is 0.0938. The number of aryl methyl sites for hydroxylation is 1. The van der Waals surface area contributed by atoms with Gasteiger partial charge >= 0.3 is 0 Å². The van der Waals surface area contributed by atoms with Gasteiger partial charge in [-0.1, -0.05) is 86.8 Å². The first-order valence-electron chi connectivity index (χ1n) is 13.4. The number of hydrogen-bond donors (Lipinski definition) is 1. The van der Waals surface area contributed by atoms with E-state index in [0.717, 1.165) is 69.7 Å². The Morgan fingerprint density at radius 1 is 0.974 bits per heavy atom. The van der Waals surface area contributed by atoms with Crippen molar-refractivity contribution in [3.63, 3.8) is 0 Å². The maximum atomic E-state index is 12.1. The minimum atomic E-state index is -0.293. The van der Waals surface area contributed by atoms with Crippen LogP contribution in [-0.2, 0) is 6.54 Å². The molecule has 6 heteroatoms. The van der Waals surface area contributed by atoms with Gasteiger partial charge in [0.05, 0.1) is 15.8 Å². The van der Waals surface area contributed by atoms with Gasteiger partial charge in [-0.2, -0.15) is 0 Å². The minimum absolute atomic E-state index is 0.102. The summed E-state index contributed by atoms with van der Waals surface area (Å²) in [4.78, 5) is 11.8. The van der Waals surface area contributed by atoms with Gasteiger partial charge in [0.25, 0.3) is 5.69 Å². The van der Waals surface area contributed by atoms with Crippen LogP contribution in [0.5, 0.6) is 0 Å². The molecule has 0 saturated heterocycles. The molecule has 0 amide bonds. The summed E-state index contributed by atoms with van der Waals surface area (Å²) in [6.45, 7) is 7.29. The van der Waals surface area contributed by atoms with Crippen LogP contribution in [0.1, 0.15) is 56.2 Å². The van der Waals surface area contributed by atoms with Crippen LogP contribution in [0.2, 0.25) is 0 Å². The highest BCUT2D eigenvalue weighted by molar-refractivity contribution is 6.22. The van der Waals surface area contributed by atoms with E-state index in [1.165, 1.54) is 6.42 Å². The number of aromatic nitrogens is 1. The number of rotatable bonds is 9. The molecule has 0 fully saturated rings. The number of fused-ring (bicyclic) bond motifs is 5. The van der Waals surface area contributed by atoms with E-state index in [4.69, 9.17) is 0 Å². The van der Waals surface area contributed by atoms with Crippen molar-refractivity contribution in [2.75, 3.05) is 0 Å². The lowest BCUT2D eigenvalue weighted by atomic mass is 9.96. The second kappa shape index (κ2) is 10.7. The van der Waals surface area contributed by atoms with Crippen molar-refractivity contribution in [2.45, 2.75) is 53.0 Å². The Morgan fingerprint density at radius 3 is 2.39 bits per heavy atom. The zero-order valence-electron chi connectivity index (χ0n) is 22.1. The Hall–Kier alpha value is -4.19. The number of non-ortho nitro benzene ring substituents is 1. The number of nitro benzene ring substituents is 1. The maximum absolute atomic E-state index is 12.1. The van der Waals surface area contributed by atoms with Crippen molar-refractivity contribution in [3.05, 3.63) is 99.6 Å². The first-order valence-corrected chi connectivity index (χ1v) is 13.4. The van der Waals surface area contributed by atoms with Gasteiger partial charge in [-0.05, 0) is 43.0 Å². The molecule has 4 aromatic carbocycles. The van der Waals surface area contributed by atoms with E-state index in [1.807, 2.05) is 67.6 Å². The SMILES string of the molecule is CCCCC(CC)Cn1c2ccc(/C(=N\O)c3ccccc3C)cc2c2cc([N+](=O)[O-])c3ccccc3c21. The molecule has 1 unspecified atom stereocenters. The summed E-state index contributed by atoms with van der Waals surface area (Å²) in [6, 6.07) is 23.2. The highest BCUT2D eigenvalue weighted by Gasteiger charge is 2.23. The van der Waals surface area contributed by atoms with Crippen LogP contribution >= 0.6 is 0 Å². The molecule has 0 radical (unpaired) electrons. The van der Waals surface area contributed by atoms with Crippen molar-refractivity contribution in [1.82, 2.24) is 4.57 Å². The third-order valence-electron chi connectivity index (χ3n) is 7.80. The Morgan fingerprint density at radius 2 is 1.71 bits per heavy atom. The average Bonchev–Trinajstić information content (AvgIpc) is 3.24. The van der Waals surface area contributed by atoms with Crippen LogP contribution in [0, 0.1) is 23.0 Å². The number of benzene rings is 4. The second-order valence-electron chi connectivity index (χ2n) is 10.1. The largest absolute Gasteiger partial charge is 0.410 e. The first kappa shape index (κ1) is 25.5. The molecule has 38 heavy (non-hydrogen) atoms. The van der Waals surface area contributed by atoms with Gasteiger partial charge in [-0.3, -0.25) is 10.1 Å². The molecule has 5 rings (SSSR count). The molecule has 1 N–H and O–H groups in total. The van der Waals surface area contributed by atoms with Crippen molar-refractivity contribution in [1.29, 1.82) is 0 Å². The van der Waals surface area contributed by atoms with Gasteiger partial charge in [-0.15, -0.1) is 0 Å². The first-order chi connectivity index (χ1) is 18.5. The number of unbranched alkanes of at least 4 members (excludes halogenated alkanes) is 1. The Labute approximate surface area is 222 Å². The second-order valence-corrected chi connectivity index (χ2v) is 10.1. The Bertz CT molecular complexity index is 1680. The monoisotopic (exact) mass is 507 g/mol. The van der Waals surface area contributed by atoms with Crippen LogP contribution in [0.4, 0.5) is 5.69 Å².